The van der Waals surface area contributed by atoms with Crippen LogP contribution in [-0.2, 0) is 9.59 Å². The van der Waals surface area contributed by atoms with E-state index in [-0.39, 0.29) is 18.4 Å². The molecule has 1 aliphatic rings. The molecule has 3 N–H and O–H groups in total. The summed E-state index contributed by atoms with van der Waals surface area (Å²) in [6, 6.07) is 6.56. The SMILES string of the molecule is NCC(=O)NC1CCN(c2ccc(Cl)cc2)C1=O. The molecule has 0 radical (unpaired) electrons. The minimum atomic E-state index is -0.475. The van der Waals surface area contributed by atoms with Gasteiger partial charge < -0.3 is 16.0 Å². The first-order valence-electron chi connectivity index (χ1n) is 5.68. The van der Waals surface area contributed by atoms with Crippen LogP contribution in [0.5, 0.6) is 0 Å². The fourth-order valence-electron chi connectivity index (χ4n) is 1.94. The molecule has 1 saturated heterocycles. The average molecular weight is 268 g/mol. The molecule has 18 heavy (non-hydrogen) atoms. The molecule has 1 unspecified atom stereocenters. The van der Waals surface area contributed by atoms with E-state index in [1.807, 2.05) is 0 Å². The molecule has 2 amide bonds. The van der Waals surface area contributed by atoms with E-state index in [2.05, 4.69) is 5.32 Å². The van der Waals surface area contributed by atoms with Crippen molar-refractivity contribution in [2.24, 2.45) is 5.73 Å². The number of carbonyl (C=O) groups is 2. The maximum atomic E-state index is 12.1. The molecule has 0 aliphatic carbocycles. The van der Waals surface area contributed by atoms with Crippen LogP contribution < -0.4 is 16.0 Å². The lowest BCUT2D eigenvalue weighted by molar-refractivity contribution is -0.125. The van der Waals surface area contributed by atoms with Crippen LogP contribution in [0.15, 0.2) is 24.3 Å². The minimum absolute atomic E-state index is 0.106. The van der Waals surface area contributed by atoms with Gasteiger partial charge in [-0.1, -0.05) is 11.6 Å². The highest BCUT2D eigenvalue weighted by Gasteiger charge is 2.33. The summed E-state index contributed by atoms with van der Waals surface area (Å²) in [5.74, 6) is -0.426. The van der Waals surface area contributed by atoms with Crippen LogP contribution >= 0.6 is 11.6 Å². The Kier molecular flexibility index (Phi) is 3.84. The van der Waals surface area contributed by atoms with Crippen LogP contribution in [0, 0.1) is 0 Å². The van der Waals surface area contributed by atoms with Crippen LogP contribution in [0.3, 0.4) is 0 Å². The first-order valence-corrected chi connectivity index (χ1v) is 6.06. The van der Waals surface area contributed by atoms with Crippen molar-refractivity contribution in [2.45, 2.75) is 12.5 Å². The van der Waals surface area contributed by atoms with Gasteiger partial charge in [-0.05, 0) is 30.7 Å². The van der Waals surface area contributed by atoms with Gasteiger partial charge in [0.25, 0.3) is 0 Å². The van der Waals surface area contributed by atoms with Gasteiger partial charge >= 0.3 is 0 Å². The molecule has 6 heteroatoms. The standard InChI is InChI=1S/C12H14ClN3O2/c13-8-1-3-9(4-2-8)16-6-5-10(12(16)18)15-11(17)7-14/h1-4,10H,5-7,14H2,(H,15,17). The summed E-state index contributed by atoms with van der Waals surface area (Å²) in [4.78, 5) is 24.9. The van der Waals surface area contributed by atoms with Crippen LogP contribution in [0.25, 0.3) is 0 Å². The Morgan fingerprint density at radius 3 is 2.72 bits per heavy atom. The normalized spacial score (nSPS) is 19.1. The second-order valence-electron chi connectivity index (χ2n) is 4.08. The quantitative estimate of drug-likeness (QED) is 0.838. The number of nitrogens with zero attached hydrogens (tertiary/aromatic N) is 1. The predicted molar refractivity (Wildman–Crippen MR) is 69.4 cm³/mol. The number of anilines is 1. The zero-order valence-electron chi connectivity index (χ0n) is 9.73. The Bertz CT molecular complexity index is 461. The van der Waals surface area contributed by atoms with Crippen LogP contribution in [0.2, 0.25) is 5.02 Å². The number of halogens is 1. The van der Waals surface area contributed by atoms with Gasteiger partial charge in [0, 0.05) is 17.3 Å². The first-order chi connectivity index (χ1) is 8.61. The smallest absolute Gasteiger partial charge is 0.249 e. The van der Waals surface area contributed by atoms with E-state index < -0.39 is 6.04 Å². The van der Waals surface area contributed by atoms with Gasteiger partial charge in [-0.3, -0.25) is 9.59 Å². The van der Waals surface area contributed by atoms with Gasteiger partial charge in [-0.15, -0.1) is 0 Å². The van der Waals surface area contributed by atoms with E-state index >= 15 is 0 Å². The highest BCUT2D eigenvalue weighted by atomic mass is 35.5. The molecular weight excluding hydrogens is 254 g/mol. The molecule has 1 aromatic rings. The Morgan fingerprint density at radius 2 is 2.11 bits per heavy atom. The fourth-order valence-corrected chi connectivity index (χ4v) is 2.07. The Hall–Kier alpha value is -1.59. The number of nitrogens with one attached hydrogen (secondary N) is 1. The molecule has 0 bridgehead atoms. The lowest BCUT2D eigenvalue weighted by Crippen LogP contribution is -2.43. The number of hydrogen-bond donors (Lipinski definition) is 2. The molecule has 2 rings (SSSR count). The minimum Gasteiger partial charge on any atom is -0.343 e. The van der Waals surface area contributed by atoms with Gasteiger partial charge in [0.15, 0.2) is 0 Å². The fraction of sp³-hybridized carbons (Fsp3) is 0.333. The van der Waals surface area contributed by atoms with Crippen LogP contribution in [0.1, 0.15) is 6.42 Å². The van der Waals surface area contributed by atoms with Crippen molar-refractivity contribution in [3.63, 3.8) is 0 Å². The molecule has 0 spiro atoms. The molecule has 96 valence electrons. The van der Waals surface area contributed by atoms with E-state index in [0.717, 1.165) is 5.69 Å². The van der Waals surface area contributed by atoms with E-state index in [4.69, 9.17) is 17.3 Å². The second kappa shape index (κ2) is 5.37. The zero-order valence-corrected chi connectivity index (χ0v) is 10.5. The maximum absolute atomic E-state index is 12.1. The summed E-state index contributed by atoms with van der Waals surface area (Å²) >= 11 is 5.80. The highest BCUT2D eigenvalue weighted by molar-refractivity contribution is 6.30. The largest absolute Gasteiger partial charge is 0.343 e. The lowest BCUT2D eigenvalue weighted by Gasteiger charge is -2.17. The second-order valence-corrected chi connectivity index (χ2v) is 4.52. The highest BCUT2D eigenvalue weighted by Crippen LogP contribution is 2.23. The van der Waals surface area contributed by atoms with E-state index in [0.29, 0.717) is 18.0 Å². The summed E-state index contributed by atoms with van der Waals surface area (Å²) in [5.41, 5.74) is 5.99. The molecule has 1 atom stereocenters. The molecule has 1 aliphatic heterocycles. The van der Waals surface area contributed by atoms with Crippen molar-refractivity contribution in [1.29, 1.82) is 0 Å². The predicted octanol–water partition coefficient (Wildman–Crippen LogP) is 0.520. The zero-order chi connectivity index (χ0) is 13.1. The maximum Gasteiger partial charge on any atom is 0.249 e. The molecular formula is C12H14ClN3O2. The number of carbonyl (C=O) groups excluding carboxylic acids is 2. The molecule has 5 nitrogen and oxygen atoms in total. The monoisotopic (exact) mass is 267 g/mol. The molecule has 1 fully saturated rings. The third-order valence-electron chi connectivity index (χ3n) is 2.86. The molecule has 1 aromatic carbocycles. The molecule has 0 aromatic heterocycles. The van der Waals surface area contributed by atoms with Crippen LogP contribution in [-0.4, -0.2) is 30.9 Å². The van der Waals surface area contributed by atoms with Gasteiger partial charge in [0.05, 0.1) is 6.54 Å². The van der Waals surface area contributed by atoms with Gasteiger partial charge in [-0.25, -0.2) is 0 Å². The van der Waals surface area contributed by atoms with Gasteiger partial charge in [-0.2, -0.15) is 0 Å². The van der Waals surface area contributed by atoms with Crippen molar-refractivity contribution < 1.29 is 9.59 Å². The summed E-state index contributed by atoms with van der Waals surface area (Å²) < 4.78 is 0. The average Bonchev–Trinajstić information content (AvgIpc) is 2.72. The van der Waals surface area contributed by atoms with Gasteiger partial charge in [0.2, 0.25) is 11.8 Å². The van der Waals surface area contributed by atoms with Gasteiger partial charge in [0.1, 0.15) is 6.04 Å². The number of benzene rings is 1. The van der Waals surface area contributed by atoms with Crippen molar-refractivity contribution >= 4 is 29.1 Å². The Balaban J connectivity index is 2.07. The summed E-state index contributed by atoms with van der Waals surface area (Å²) in [5, 5.41) is 3.23. The third kappa shape index (κ3) is 2.63. The number of hydrogen-bond acceptors (Lipinski definition) is 3. The Morgan fingerprint density at radius 1 is 1.44 bits per heavy atom. The van der Waals surface area contributed by atoms with Crippen molar-refractivity contribution in [1.82, 2.24) is 5.32 Å². The van der Waals surface area contributed by atoms with E-state index in [9.17, 15) is 9.59 Å². The number of nitrogens with two attached hydrogens (primary N) is 1. The third-order valence-corrected chi connectivity index (χ3v) is 3.12. The topological polar surface area (TPSA) is 75.4 Å². The van der Waals surface area contributed by atoms with Crippen molar-refractivity contribution in [2.75, 3.05) is 18.0 Å². The summed E-state index contributed by atoms with van der Waals surface area (Å²) in [7, 11) is 0. The van der Waals surface area contributed by atoms with E-state index in [1.165, 1.54) is 0 Å². The van der Waals surface area contributed by atoms with Crippen molar-refractivity contribution in [3.05, 3.63) is 29.3 Å². The van der Waals surface area contributed by atoms with Crippen LogP contribution in [0.4, 0.5) is 5.69 Å². The van der Waals surface area contributed by atoms with Crippen molar-refractivity contribution in [3.8, 4) is 0 Å². The molecule has 0 saturated carbocycles. The lowest BCUT2D eigenvalue weighted by atomic mass is 10.2. The number of rotatable bonds is 3. The van der Waals surface area contributed by atoms with E-state index in [1.54, 1.807) is 29.2 Å². The number of amides is 2. The molecule has 1 heterocycles. The Labute approximate surface area is 110 Å². The summed E-state index contributed by atoms with van der Waals surface area (Å²) in [6.07, 6.45) is 0.590. The summed E-state index contributed by atoms with van der Waals surface area (Å²) in [6.45, 7) is 0.473. The first kappa shape index (κ1) is 12.9.